The predicted octanol–water partition coefficient (Wildman–Crippen LogP) is 3.70. The average Bonchev–Trinajstić information content (AvgIpc) is 2.67. The Hall–Kier alpha value is -0.710. The van der Waals surface area contributed by atoms with E-state index in [1.807, 2.05) is 22.9 Å². The molecule has 0 amide bonds. The first-order chi connectivity index (χ1) is 7.16. The van der Waals surface area contributed by atoms with Crippen LogP contribution in [0.2, 0.25) is 0 Å². The summed E-state index contributed by atoms with van der Waals surface area (Å²) < 4.78 is 13.9. The number of hydrogen-bond donors (Lipinski definition) is 1. The first-order valence-electron chi connectivity index (χ1n) is 4.40. The van der Waals surface area contributed by atoms with Gasteiger partial charge in [0.2, 0.25) is 0 Å². The third-order valence-electron chi connectivity index (χ3n) is 2.15. The highest BCUT2D eigenvalue weighted by atomic mass is 79.9. The zero-order valence-corrected chi connectivity index (χ0v) is 10.2. The monoisotopic (exact) mass is 285 g/mol. The minimum atomic E-state index is -0.273. The van der Waals surface area contributed by atoms with Gasteiger partial charge in [-0.05, 0) is 46.2 Å². The van der Waals surface area contributed by atoms with E-state index in [4.69, 9.17) is 5.73 Å². The molecule has 1 nitrogen and oxygen atoms in total. The zero-order valence-electron chi connectivity index (χ0n) is 7.78. The molecule has 0 saturated carbocycles. The molecule has 15 heavy (non-hydrogen) atoms. The van der Waals surface area contributed by atoms with Crippen molar-refractivity contribution in [3.05, 3.63) is 56.4 Å². The summed E-state index contributed by atoms with van der Waals surface area (Å²) in [4.78, 5) is 0. The first kappa shape index (κ1) is 10.8. The second-order valence-electron chi connectivity index (χ2n) is 3.24. The van der Waals surface area contributed by atoms with Gasteiger partial charge in [0.05, 0.1) is 6.04 Å². The lowest BCUT2D eigenvalue weighted by molar-refractivity contribution is 0.622. The van der Waals surface area contributed by atoms with Crippen LogP contribution in [-0.4, -0.2) is 0 Å². The Morgan fingerprint density at radius 1 is 1.27 bits per heavy atom. The highest BCUT2D eigenvalue weighted by Gasteiger charge is 2.10. The third-order valence-corrected chi connectivity index (χ3v) is 3.31. The van der Waals surface area contributed by atoms with Crippen LogP contribution in [0.25, 0.3) is 0 Å². The Labute approximate surface area is 99.9 Å². The molecule has 0 bridgehead atoms. The molecule has 2 aromatic rings. The molecule has 0 aliphatic heterocycles. The van der Waals surface area contributed by atoms with Crippen molar-refractivity contribution < 1.29 is 4.39 Å². The van der Waals surface area contributed by atoms with Gasteiger partial charge in [-0.2, -0.15) is 11.3 Å². The minimum absolute atomic E-state index is 0.261. The van der Waals surface area contributed by atoms with Crippen molar-refractivity contribution in [2.24, 2.45) is 5.73 Å². The van der Waals surface area contributed by atoms with Crippen LogP contribution in [0.5, 0.6) is 0 Å². The van der Waals surface area contributed by atoms with E-state index < -0.39 is 0 Å². The summed E-state index contributed by atoms with van der Waals surface area (Å²) in [5.74, 6) is -0.273. The van der Waals surface area contributed by atoms with E-state index in [1.165, 1.54) is 12.1 Å². The van der Waals surface area contributed by atoms with Crippen LogP contribution in [0.3, 0.4) is 0 Å². The number of thiophene rings is 1. The topological polar surface area (TPSA) is 26.0 Å². The van der Waals surface area contributed by atoms with E-state index in [2.05, 4.69) is 15.9 Å². The highest BCUT2D eigenvalue weighted by Crippen LogP contribution is 2.25. The smallest absolute Gasteiger partial charge is 0.124 e. The lowest BCUT2D eigenvalue weighted by Crippen LogP contribution is -2.11. The van der Waals surface area contributed by atoms with Crippen molar-refractivity contribution in [1.29, 1.82) is 0 Å². The maximum absolute atomic E-state index is 13.1. The van der Waals surface area contributed by atoms with Gasteiger partial charge in [0.15, 0.2) is 0 Å². The Kier molecular flexibility index (Phi) is 3.19. The largest absolute Gasteiger partial charge is 0.320 e. The summed E-state index contributed by atoms with van der Waals surface area (Å²) in [7, 11) is 0. The number of nitrogens with two attached hydrogens (primary N) is 1. The first-order valence-corrected chi connectivity index (χ1v) is 6.14. The minimum Gasteiger partial charge on any atom is -0.320 e. The lowest BCUT2D eigenvalue weighted by atomic mass is 10.0. The average molecular weight is 286 g/mol. The molecule has 1 atom stereocenters. The quantitative estimate of drug-likeness (QED) is 0.895. The van der Waals surface area contributed by atoms with E-state index in [0.29, 0.717) is 4.47 Å². The molecular formula is C11H9BrFNS. The standard InChI is InChI=1S/C11H9BrFNS/c12-9-3-8(4-10(13)5-9)11(14)7-1-2-15-6-7/h1-6,11H,14H2/t11-/m0/s1. The van der Waals surface area contributed by atoms with Gasteiger partial charge >= 0.3 is 0 Å². The number of benzene rings is 1. The van der Waals surface area contributed by atoms with Gasteiger partial charge in [0.25, 0.3) is 0 Å². The van der Waals surface area contributed by atoms with Gasteiger partial charge in [-0.15, -0.1) is 0 Å². The molecule has 0 saturated heterocycles. The number of hydrogen-bond acceptors (Lipinski definition) is 2. The predicted molar refractivity (Wildman–Crippen MR) is 64.4 cm³/mol. The molecule has 1 aromatic carbocycles. The molecule has 2 N–H and O–H groups in total. The second kappa shape index (κ2) is 4.43. The van der Waals surface area contributed by atoms with Crippen molar-refractivity contribution in [3.63, 3.8) is 0 Å². The zero-order chi connectivity index (χ0) is 10.8. The summed E-state index contributed by atoms with van der Waals surface area (Å²) in [5.41, 5.74) is 7.81. The molecule has 4 heteroatoms. The summed E-state index contributed by atoms with van der Waals surface area (Å²) >= 11 is 4.84. The third kappa shape index (κ3) is 2.45. The van der Waals surface area contributed by atoms with Gasteiger partial charge in [-0.3, -0.25) is 0 Å². The van der Waals surface area contributed by atoms with Crippen LogP contribution in [0.1, 0.15) is 17.2 Å². The number of rotatable bonds is 2. The SMILES string of the molecule is N[C@@H](c1ccsc1)c1cc(F)cc(Br)c1. The van der Waals surface area contributed by atoms with Crippen LogP contribution in [0.4, 0.5) is 4.39 Å². The molecule has 78 valence electrons. The molecule has 1 heterocycles. The van der Waals surface area contributed by atoms with Gasteiger partial charge in [0.1, 0.15) is 5.82 Å². The Bertz CT molecular complexity index is 435. The van der Waals surface area contributed by atoms with E-state index in [1.54, 1.807) is 11.3 Å². The van der Waals surface area contributed by atoms with Crippen LogP contribution >= 0.6 is 27.3 Å². The van der Waals surface area contributed by atoms with Crippen molar-refractivity contribution in [1.82, 2.24) is 0 Å². The summed E-state index contributed by atoms with van der Waals surface area (Å²) in [6, 6.07) is 6.42. The molecule has 0 unspecified atom stereocenters. The second-order valence-corrected chi connectivity index (χ2v) is 4.93. The van der Waals surface area contributed by atoms with Crippen LogP contribution < -0.4 is 5.73 Å². The van der Waals surface area contributed by atoms with Gasteiger partial charge < -0.3 is 5.73 Å². The molecule has 0 aliphatic carbocycles. The summed E-state index contributed by atoms with van der Waals surface area (Å²) in [6.07, 6.45) is 0. The van der Waals surface area contributed by atoms with Crippen molar-refractivity contribution in [3.8, 4) is 0 Å². The van der Waals surface area contributed by atoms with Crippen LogP contribution in [0, 0.1) is 5.82 Å². The maximum atomic E-state index is 13.1. The van der Waals surface area contributed by atoms with Crippen LogP contribution in [0.15, 0.2) is 39.5 Å². The van der Waals surface area contributed by atoms with Crippen molar-refractivity contribution in [2.45, 2.75) is 6.04 Å². The Balaban J connectivity index is 2.37. The lowest BCUT2D eigenvalue weighted by Gasteiger charge is -2.10. The molecule has 0 aliphatic rings. The van der Waals surface area contributed by atoms with Crippen molar-refractivity contribution in [2.75, 3.05) is 0 Å². The fourth-order valence-corrected chi connectivity index (χ4v) is 2.58. The fourth-order valence-electron chi connectivity index (χ4n) is 1.40. The van der Waals surface area contributed by atoms with E-state index >= 15 is 0 Å². The molecule has 0 fully saturated rings. The van der Waals surface area contributed by atoms with E-state index in [0.717, 1.165) is 11.1 Å². The van der Waals surface area contributed by atoms with E-state index in [-0.39, 0.29) is 11.9 Å². The molecule has 2 rings (SSSR count). The van der Waals surface area contributed by atoms with Crippen molar-refractivity contribution >= 4 is 27.3 Å². The van der Waals surface area contributed by atoms with Gasteiger partial charge in [-0.25, -0.2) is 4.39 Å². The fraction of sp³-hybridized carbons (Fsp3) is 0.0909. The summed E-state index contributed by atoms with van der Waals surface area (Å²) in [6.45, 7) is 0. The molecule has 0 radical (unpaired) electrons. The number of halogens is 2. The summed E-state index contributed by atoms with van der Waals surface area (Å²) in [5, 5.41) is 3.94. The normalized spacial score (nSPS) is 12.7. The molecule has 0 spiro atoms. The van der Waals surface area contributed by atoms with Gasteiger partial charge in [-0.1, -0.05) is 15.9 Å². The molecular weight excluding hydrogens is 277 g/mol. The maximum Gasteiger partial charge on any atom is 0.124 e. The van der Waals surface area contributed by atoms with Crippen LogP contribution in [-0.2, 0) is 0 Å². The Morgan fingerprint density at radius 2 is 2.07 bits per heavy atom. The highest BCUT2D eigenvalue weighted by molar-refractivity contribution is 9.10. The van der Waals surface area contributed by atoms with E-state index in [9.17, 15) is 4.39 Å². The Morgan fingerprint density at radius 3 is 2.67 bits per heavy atom. The molecule has 1 aromatic heterocycles. The van der Waals surface area contributed by atoms with Gasteiger partial charge in [0, 0.05) is 4.47 Å².